The lowest BCUT2D eigenvalue weighted by Gasteiger charge is -2.33. The van der Waals surface area contributed by atoms with Gasteiger partial charge in [-0.25, -0.2) is 19.4 Å². The van der Waals surface area contributed by atoms with Crippen molar-refractivity contribution >= 4 is 35.4 Å². The van der Waals surface area contributed by atoms with E-state index in [9.17, 15) is 4.79 Å². The minimum Gasteiger partial charge on any atom is -0.370 e. The molecule has 3 aromatic rings. The van der Waals surface area contributed by atoms with Crippen LogP contribution < -0.4 is 10.2 Å². The second-order valence-corrected chi connectivity index (χ2v) is 9.71. The Morgan fingerprint density at radius 1 is 1.32 bits per heavy atom. The topological polar surface area (TPSA) is 101 Å². The molecular weight excluding hydrogens is 499 g/mol. The number of amidine groups is 1. The average molecular weight is 527 g/mol. The third kappa shape index (κ3) is 5.20. The smallest absolute Gasteiger partial charge is 0.226 e. The van der Waals surface area contributed by atoms with Gasteiger partial charge in [0.05, 0.1) is 25.4 Å². The number of nitrogens with one attached hydrogen (secondary N) is 1. The minimum absolute atomic E-state index is 0.0731. The molecule has 2 fully saturated rings. The summed E-state index contributed by atoms with van der Waals surface area (Å²) in [5, 5.41) is 8.00. The molecule has 0 saturated carbocycles. The number of carbonyl (C=O) groups is 1. The van der Waals surface area contributed by atoms with Crippen LogP contribution in [0.15, 0.2) is 35.6 Å². The molecule has 0 radical (unpaired) electrons. The Hall–Kier alpha value is -3.41. The standard InChI is InChI=1S/C25H28ClFN8O2/c1-15(33(2)3)30-24-21(14-36)31-25(32-23(24)19-5-4-17(26)8-20(19)27)34-6-7-37-22(13-34)16-9-29-35(12-16)18-10-28-11-18/h4-5,8-9,12,14,18,22,28H,6-7,10-11,13H2,1-3H3. The van der Waals surface area contributed by atoms with Crippen LogP contribution in [0.2, 0.25) is 5.02 Å². The van der Waals surface area contributed by atoms with Gasteiger partial charge >= 0.3 is 0 Å². The number of nitrogens with zero attached hydrogens (tertiary/aromatic N) is 7. The van der Waals surface area contributed by atoms with Gasteiger partial charge in [-0.05, 0) is 25.1 Å². The Balaban J connectivity index is 1.53. The quantitative estimate of drug-likeness (QED) is 0.297. The van der Waals surface area contributed by atoms with Crippen LogP contribution in [0, 0.1) is 5.82 Å². The van der Waals surface area contributed by atoms with Crippen molar-refractivity contribution in [3.05, 3.63) is 52.7 Å². The molecule has 1 aromatic carbocycles. The molecule has 4 heterocycles. The summed E-state index contributed by atoms with van der Waals surface area (Å²) in [5.74, 6) is 0.350. The highest BCUT2D eigenvalue weighted by molar-refractivity contribution is 6.30. The van der Waals surface area contributed by atoms with Crippen molar-refractivity contribution in [2.24, 2.45) is 4.99 Å². The maximum Gasteiger partial charge on any atom is 0.226 e. The number of carbonyl (C=O) groups excluding carboxylic acids is 1. The molecule has 2 aromatic heterocycles. The van der Waals surface area contributed by atoms with Gasteiger partial charge in [0.1, 0.15) is 34.8 Å². The van der Waals surface area contributed by atoms with Crippen molar-refractivity contribution in [1.29, 1.82) is 0 Å². The number of rotatable bonds is 6. The third-order valence-electron chi connectivity index (χ3n) is 6.59. The van der Waals surface area contributed by atoms with E-state index in [0.29, 0.717) is 43.8 Å². The molecule has 0 bridgehead atoms. The molecule has 2 saturated heterocycles. The molecule has 194 valence electrons. The summed E-state index contributed by atoms with van der Waals surface area (Å²) in [6.07, 6.45) is 4.20. The molecule has 12 heteroatoms. The van der Waals surface area contributed by atoms with E-state index in [2.05, 4.69) is 20.4 Å². The first kappa shape index (κ1) is 25.2. The van der Waals surface area contributed by atoms with Gasteiger partial charge in [0.15, 0.2) is 6.29 Å². The maximum absolute atomic E-state index is 15.1. The summed E-state index contributed by atoms with van der Waals surface area (Å²) in [7, 11) is 3.66. The van der Waals surface area contributed by atoms with E-state index in [-0.39, 0.29) is 33.8 Å². The molecule has 37 heavy (non-hydrogen) atoms. The van der Waals surface area contributed by atoms with Crippen molar-refractivity contribution < 1.29 is 13.9 Å². The van der Waals surface area contributed by atoms with Gasteiger partial charge in [-0.2, -0.15) is 5.10 Å². The SMILES string of the molecule is CC(=Nc1c(C=O)nc(N2CCOC(c3cnn(C4CNC4)c3)C2)nc1-c1ccc(Cl)cc1F)N(C)C. The molecule has 2 aliphatic heterocycles. The highest BCUT2D eigenvalue weighted by atomic mass is 35.5. The molecule has 0 amide bonds. The maximum atomic E-state index is 15.1. The van der Waals surface area contributed by atoms with Crippen LogP contribution in [0.25, 0.3) is 11.3 Å². The van der Waals surface area contributed by atoms with Crippen molar-refractivity contribution in [3.8, 4) is 11.3 Å². The number of hydrogen-bond acceptors (Lipinski definition) is 8. The molecule has 1 unspecified atom stereocenters. The third-order valence-corrected chi connectivity index (χ3v) is 6.83. The van der Waals surface area contributed by atoms with E-state index in [1.165, 1.54) is 12.1 Å². The number of anilines is 1. The summed E-state index contributed by atoms with van der Waals surface area (Å²) in [6.45, 7) is 4.98. The zero-order valence-corrected chi connectivity index (χ0v) is 21.6. The van der Waals surface area contributed by atoms with Gasteiger partial charge in [-0.1, -0.05) is 11.6 Å². The van der Waals surface area contributed by atoms with E-state index in [1.807, 2.05) is 36.1 Å². The lowest BCUT2D eigenvalue weighted by molar-refractivity contribution is 0.0391. The van der Waals surface area contributed by atoms with Crippen LogP contribution >= 0.6 is 11.6 Å². The minimum atomic E-state index is -0.564. The molecule has 5 rings (SSSR count). The van der Waals surface area contributed by atoms with Gasteiger partial charge in [0, 0.05) is 56.1 Å². The monoisotopic (exact) mass is 526 g/mol. The fraction of sp³-hybridized carbons (Fsp3) is 0.400. The fourth-order valence-corrected chi connectivity index (χ4v) is 4.30. The van der Waals surface area contributed by atoms with E-state index >= 15 is 4.39 Å². The number of morpholine rings is 1. The number of halogens is 2. The number of aliphatic imine (C=N–C) groups is 1. The first-order valence-corrected chi connectivity index (χ1v) is 12.4. The summed E-state index contributed by atoms with van der Waals surface area (Å²) < 4.78 is 23.1. The molecule has 0 spiro atoms. The Labute approximate surface area is 219 Å². The van der Waals surface area contributed by atoms with Gasteiger partial charge in [0.25, 0.3) is 0 Å². The molecule has 1 atom stereocenters. The van der Waals surface area contributed by atoms with Crippen molar-refractivity contribution in [2.75, 3.05) is 51.8 Å². The Kier molecular flexibility index (Phi) is 7.18. The van der Waals surface area contributed by atoms with Gasteiger partial charge in [0.2, 0.25) is 5.95 Å². The summed E-state index contributed by atoms with van der Waals surface area (Å²) in [6, 6.07) is 4.68. The second kappa shape index (κ2) is 10.5. The predicted molar refractivity (Wildman–Crippen MR) is 139 cm³/mol. The second-order valence-electron chi connectivity index (χ2n) is 9.27. The van der Waals surface area contributed by atoms with Crippen LogP contribution in [0.1, 0.15) is 35.1 Å². The number of aldehydes is 1. The van der Waals surface area contributed by atoms with Crippen LogP contribution in [0.4, 0.5) is 16.0 Å². The van der Waals surface area contributed by atoms with E-state index in [4.69, 9.17) is 21.3 Å². The predicted octanol–water partition coefficient (Wildman–Crippen LogP) is 3.28. The number of benzene rings is 1. The van der Waals surface area contributed by atoms with Crippen molar-refractivity contribution in [1.82, 2.24) is 30.0 Å². The molecule has 1 N–H and O–H groups in total. The Morgan fingerprint density at radius 3 is 2.81 bits per heavy atom. The molecular formula is C25H28ClFN8O2. The zero-order valence-electron chi connectivity index (χ0n) is 20.9. The van der Waals surface area contributed by atoms with Crippen molar-refractivity contribution in [3.63, 3.8) is 0 Å². The van der Waals surface area contributed by atoms with Crippen LogP contribution in [0.5, 0.6) is 0 Å². The Morgan fingerprint density at radius 2 is 2.14 bits per heavy atom. The van der Waals surface area contributed by atoms with Gasteiger partial charge < -0.3 is 19.9 Å². The summed E-state index contributed by atoms with van der Waals surface area (Å²) >= 11 is 5.99. The lowest BCUT2D eigenvalue weighted by Crippen LogP contribution is -2.43. The van der Waals surface area contributed by atoms with E-state index < -0.39 is 5.82 Å². The Bertz CT molecular complexity index is 1340. The van der Waals surface area contributed by atoms with Crippen LogP contribution in [0.3, 0.4) is 0 Å². The summed E-state index contributed by atoms with van der Waals surface area (Å²) in [5.41, 5.74) is 1.63. The average Bonchev–Trinajstić information content (AvgIpc) is 3.32. The normalized spacial score (nSPS) is 18.6. The highest BCUT2D eigenvalue weighted by Crippen LogP contribution is 2.36. The first-order chi connectivity index (χ1) is 17.8. The molecule has 10 nitrogen and oxygen atoms in total. The highest BCUT2D eigenvalue weighted by Gasteiger charge is 2.29. The summed E-state index contributed by atoms with van der Waals surface area (Å²) in [4.78, 5) is 29.7. The first-order valence-electron chi connectivity index (χ1n) is 12.0. The van der Waals surface area contributed by atoms with Gasteiger partial charge in [-0.15, -0.1) is 0 Å². The zero-order chi connectivity index (χ0) is 26.1. The van der Waals surface area contributed by atoms with E-state index in [0.717, 1.165) is 18.7 Å². The lowest BCUT2D eigenvalue weighted by atomic mass is 10.1. The number of hydrogen-bond donors (Lipinski definition) is 1. The molecule has 0 aliphatic carbocycles. The van der Waals surface area contributed by atoms with Crippen molar-refractivity contribution in [2.45, 2.75) is 19.1 Å². The largest absolute Gasteiger partial charge is 0.370 e. The number of ether oxygens (including phenoxy) is 1. The van der Waals surface area contributed by atoms with Crippen LogP contribution in [-0.2, 0) is 4.74 Å². The number of aromatic nitrogens is 4. The molecule has 2 aliphatic rings. The van der Waals surface area contributed by atoms with Crippen LogP contribution in [-0.4, -0.2) is 83.7 Å². The fourth-order valence-electron chi connectivity index (χ4n) is 4.14. The van der Waals surface area contributed by atoms with E-state index in [1.54, 1.807) is 17.9 Å². The van der Waals surface area contributed by atoms with Gasteiger partial charge in [-0.3, -0.25) is 9.48 Å².